The highest BCUT2D eigenvalue weighted by Gasteiger charge is 2.55. The Bertz CT molecular complexity index is 1750. The lowest BCUT2D eigenvalue weighted by Gasteiger charge is -2.28. The van der Waals surface area contributed by atoms with Gasteiger partial charge in [0, 0.05) is 24.3 Å². The van der Waals surface area contributed by atoms with Gasteiger partial charge >= 0.3 is 12.3 Å². The molecule has 1 saturated carbocycles. The second kappa shape index (κ2) is 13.8. The molecular formula is C31H35ClF3N5O7S. The molecule has 3 unspecified atom stereocenters. The largest absolute Gasteiger partial charge is 0.494 e. The molecule has 1 aliphatic carbocycles. The number of hydrogen-bond acceptors (Lipinski definition) is 8. The van der Waals surface area contributed by atoms with Gasteiger partial charge < -0.3 is 19.5 Å². The monoisotopic (exact) mass is 713 g/mol. The molecule has 0 spiro atoms. The number of ether oxygens (including phenoxy) is 2. The number of aromatic nitrogens is 3. The predicted octanol–water partition coefficient (Wildman–Crippen LogP) is 5.94. The molecule has 2 N–H and O–H groups in total. The van der Waals surface area contributed by atoms with E-state index in [2.05, 4.69) is 10.1 Å². The number of carboxylic acid groups (broad SMARTS) is 1. The fraction of sp³-hybridized carbons (Fsp3) is 0.484. The minimum absolute atomic E-state index is 0.0709. The van der Waals surface area contributed by atoms with E-state index in [0.717, 1.165) is 12.8 Å². The maximum Gasteiger partial charge on any atom is 0.407 e. The molecule has 2 fully saturated rings. The maximum atomic E-state index is 12.9. The van der Waals surface area contributed by atoms with E-state index < -0.39 is 45.6 Å². The van der Waals surface area contributed by atoms with Crippen molar-refractivity contribution in [3.05, 3.63) is 59.4 Å². The summed E-state index contributed by atoms with van der Waals surface area (Å²) in [6.45, 7) is 4.74. The van der Waals surface area contributed by atoms with Gasteiger partial charge in [0.05, 0.1) is 29.6 Å². The molecule has 1 aliphatic heterocycles. The summed E-state index contributed by atoms with van der Waals surface area (Å²) < 4.78 is 78.3. The number of pyridine rings is 1. The van der Waals surface area contributed by atoms with Gasteiger partial charge in [-0.1, -0.05) is 11.6 Å². The van der Waals surface area contributed by atoms with Crippen molar-refractivity contribution in [3.63, 3.8) is 0 Å². The Morgan fingerprint density at radius 2 is 1.81 bits per heavy atom. The van der Waals surface area contributed by atoms with E-state index in [1.807, 2.05) is 18.6 Å². The number of benzene rings is 1. The molecule has 1 aromatic carbocycles. The van der Waals surface area contributed by atoms with Gasteiger partial charge in [-0.25, -0.2) is 27.6 Å². The Morgan fingerprint density at radius 1 is 1.08 bits per heavy atom. The minimum atomic E-state index is -4.27. The lowest BCUT2D eigenvalue weighted by atomic mass is 9.93. The normalized spacial score (nSPS) is 20.4. The van der Waals surface area contributed by atoms with Crippen molar-refractivity contribution in [2.24, 2.45) is 17.8 Å². The number of nitrogens with one attached hydrogen (secondary N) is 1. The van der Waals surface area contributed by atoms with Gasteiger partial charge in [0.25, 0.3) is 15.9 Å². The van der Waals surface area contributed by atoms with Crippen LogP contribution in [0.25, 0.3) is 5.82 Å². The molecule has 3 atom stereocenters. The fourth-order valence-electron chi connectivity index (χ4n) is 5.95. The van der Waals surface area contributed by atoms with Gasteiger partial charge in [0.2, 0.25) is 5.88 Å². The van der Waals surface area contributed by atoms with E-state index >= 15 is 0 Å². The van der Waals surface area contributed by atoms with Crippen molar-refractivity contribution in [1.82, 2.24) is 24.4 Å². The number of carbonyl (C=O) groups excluding carboxylic acids is 1. The second-order valence-corrected chi connectivity index (χ2v) is 14.6. The zero-order valence-corrected chi connectivity index (χ0v) is 27.7. The van der Waals surface area contributed by atoms with Crippen LogP contribution in [0.1, 0.15) is 56.3 Å². The first-order chi connectivity index (χ1) is 22.5. The van der Waals surface area contributed by atoms with E-state index in [1.54, 1.807) is 0 Å². The van der Waals surface area contributed by atoms with Crippen molar-refractivity contribution in [2.45, 2.75) is 62.6 Å². The molecule has 5 rings (SSSR count). The number of nitrogens with zero attached hydrogens (tertiary/aromatic N) is 4. The smallest absolute Gasteiger partial charge is 0.407 e. The predicted molar refractivity (Wildman–Crippen MR) is 167 cm³/mol. The zero-order chi connectivity index (χ0) is 34.9. The summed E-state index contributed by atoms with van der Waals surface area (Å²) in [7, 11) is -4.27. The van der Waals surface area contributed by atoms with Gasteiger partial charge in [-0.05, 0) is 94.2 Å². The highest BCUT2D eigenvalue weighted by Crippen LogP contribution is 2.51. The standard InChI is InChI=1S/C31H35ClF3N5O7S/c1-30(2)17-19(18-39(30)29(42)43)4-3-14-46-21-5-7-22(8-6-21)48(44,45)38-28(41)23-9-10-25(36-27(23)32)40-13-11-26(37-40)47-15-12-20-16-24(20)31(33,34)35/h5-11,13,19-20,24H,3-4,12,14-18H2,1-2H3,(H,38,41)(H,42,43). The third-order valence-corrected chi connectivity index (χ3v) is 10.2. The third-order valence-electron chi connectivity index (χ3n) is 8.54. The third kappa shape index (κ3) is 8.50. The molecule has 1 saturated heterocycles. The van der Waals surface area contributed by atoms with E-state index in [0.29, 0.717) is 25.3 Å². The Balaban J connectivity index is 1.09. The summed E-state index contributed by atoms with van der Waals surface area (Å²) in [6, 6.07) is 9.72. The summed E-state index contributed by atoms with van der Waals surface area (Å²) in [4.78, 5) is 29.7. The number of hydrogen-bond donors (Lipinski definition) is 2. The van der Waals surface area contributed by atoms with Gasteiger partial charge in [0.1, 0.15) is 10.9 Å². The molecule has 17 heteroatoms. The second-order valence-electron chi connectivity index (χ2n) is 12.6. The first-order valence-electron chi connectivity index (χ1n) is 15.3. The number of halogens is 4. The number of amides is 2. The van der Waals surface area contributed by atoms with Crippen LogP contribution in [-0.4, -0.2) is 76.7 Å². The lowest BCUT2D eigenvalue weighted by Crippen LogP contribution is -2.41. The van der Waals surface area contributed by atoms with Gasteiger partial charge in [0.15, 0.2) is 5.82 Å². The molecular weight excluding hydrogens is 679 g/mol. The molecule has 2 aromatic heterocycles. The van der Waals surface area contributed by atoms with Crippen LogP contribution in [0.3, 0.4) is 0 Å². The van der Waals surface area contributed by atoms with Crippen LogP contribution in [0.5, 0.6) is 11.6 Å². The van der Waals surface area contributed by atoms with Crippen LogP contribution >= 0.6 is 11.6 Å². The molecule has 12 nitrogen and oxygen atoms in total. The number of carbonyl (C=O) groups is 2. The highest BCUT2D eigenvalue weighted by molar-refractivity contribution is 7.90. The Labute approximate surface area is 280 Å². The van der Waals surface area contributed by atoms with Crippen LogP contribution in [0.15, 0.2) is 53.6 Å². The summed E-state index contributed by atoms with van der Waals surface area (Å²) in [6.07, 6.45) is -1.00. The first kappa shape index (κ1) is 35.3. The van der Waals surface area contributed by atoms with Crippen LogP contribution < -0.4 is 14.2 Å². The Morgan fingerprint density at radius 3 is 2.44 bits per heavy atom. The average molecular weight is 714 g/mol. The molecule has 2 amide bonds. The SMILES string of the molecule is CC1(C)CC(CCCOc2ccc(S(=O)(=O)NC(=O)c3ccc(-n4ccc(OCCC5CC5C(F)(F)F)n4)nc3Cl)cc2)CN1C(=O)O. The molecule has 3 aromatic rings. The fourth-order valence-corrected chi connectivity index (χ4v) is 7.15. The summed E-state index contributed by atoms with van der Waals surface area (Å²) in [5.41, 5.74) is -0.607. The Kier molecular flexibility index (Phi) is 10.2. The van der Waals surface area contributed by atoms with Crippen LogP contribution in [0.2, 0.25) is 5.15 Å². The number of alkyl halides is 3. The quantitative estimate of drug-likeness (QED) is 0.162. The summed E-state index contributed by atoms with van der Waals surface area (Å²) >= 11 is 6.21. The van der Waals surface area contributed by atoms with Crippen LogP contribution in [0.4, 0.5) is 18.0 Å². The van der Waals surface area contributed by atoms with Gasteiger partial charge in [-0.2, -0.15) is 13.2 Å². The van der Waals surface area contributed by atoms with Gasteiger partial charge in [-0.3, -0.25) is 4.79 Å². The minimum Gasteiger partial charge on any atom is -0.494 e. The Hall–Kier alpha value is -4.05. The lowest BCUT2D eigenvalue weighted by molar-refractivity contribution is -0.151. The van der Waals surface area contributed by atoms with E-state index in [4.69, 9.17) is 21.1 Å². The summed E-state index contributed by atoms with van der Waals surface area (Å²) in [5.74, 6) is -1.69. The van der Waals surface area contributed by atoms with Crippen LogP contribution in [-0.2, 0) is 10.0 Å². The molecule has 260 valence electrons. The average Bonchev–Trinajstić information content (AvgIpc) is 3.53. The van der Waals surface area contributed by atoms with Crippen LogP contribution in [0, 0.1) is 17.8 Å². The van der Waals surface area contributed by atoms with Crippen molar-refractivity contribution < 1.29 is 45.8 Å². The highest BCUT2D eigenvalue weighted by atomic mass is 35.5. The zero-order valence-electron chi connectivity index (χ0n) is 26.1. The number of rotatable bonds is 13. The molecule has 48 heavy (non-hydrogen) atoms. The van der Waals surface area contributed by atoms with E-state index in [1.165, 1.54) is 58.2 Å². The molecule has 0 bridgehead atoms. The maximum absolute atomic E-state index is 12.9. The first-order valence-corrected chi connectivity index (χ1v) is 17.1. The number of likely N-dealkylation sites (tertiary alicyclic amines) is 1. The van der Waals surface area contributed by atoms with Crippen molar-refractivity contribution in [2.75, 3.05) is 19.8 Å². The van der Waals surface area contributed by atoms with E-state index in [9.17, 15) is 36.3 Å². The molecule has 0 radical (unpaired) electrons. The molecule has 2 aliphatic rings. The van der Waals surface area contributed by atoms with Crippen molar-refractivity contribution in [1.29, 1.82) is 0 Å². The van der Waals surface area contributed by atoms with Crippen molar-refractivity contribution in [3.8, 4) is 17.4 Å². The molecule has 3 heterocycles. The summed E-state index contributed by atoms with van der Waals surface area (Å²) in [5, 5.41) is 13.3. The topological polar surface area (TPSA) is 153 Å². The number of sulfonamides is 1. The van der Waals surface area contributed by atoms with Gasteiger partial charge in [-0.15, -0.1) is 5.10 Å². The van der Waals surface area contributed by atoms with Crippen molar-refractivity contribution >= 4 is 33.6 Å². The van der Waals surface area contributed by atoms with E-state index in [-0.39, 0.29) is 52.7 Å².